The molecule has 8 heteroatoms. The average Bonchev–Trinajstić information content (AvgIpc) is 2.88. The van der Waals surface area contributed by atoms with E-state index in [4.69, 9.17) is 9.47 Å². The zero-order valence-electron chi connectivity index (χ0n) is 12.5. The predicted molar refractivity (Wildman–Crippen MR) is 72.4 cm³/mol. The summed E-state index contributed by atoms with van der Waals surface area (Å²) in [5.74, 6) is 0. The lowest BCUT2D eigenvalue weighted by molar-refractivity contribution is -0.190. The molecule has 0 spiro atoms. The molecule has 4 unspecified atom stereocenters. The Morgan fingerprint density at radius 1 is 1.48 bits per heavy atom. The van der Waals surface area contributed by atoms with Crippen LogP contribution in [0.3, 0.4) is 0 Å². The van der Waals surface area contributed by atoms with Gasteiger partial charge in [-0.05, 0) is 13.8 Å². The Kier molecular flexibility index (Phi) is 4.95. The Labute approximate surface area is 123 Å². The fraction of sp³-hybridized carbons (Fsp3) is 0.846. The number of rotatable bonds is 5. The second-order valence-electron chi connectivity index (χ2n) is 5.86. The predicted octanol–water partition coefficient (Wildman–Crippen LogP) is -0.969. The van der Waals surface area contributed by atoms with Crippen LogP contribution in [0.4, 0.5) is 0 Å². The molecule has 3 N–H and O–H groups in total. The van der Waals surface area contributed by atoms with E-state index < -0.39 is 17.8 Å². The van der Waals surface area contributed by atoms with Crippen molar-refractivity contribution >= 4 is 0 Å². The van der Waals surface area contributed by atoms with Crippen molar-refractivity contribution in [2.24, 2.45) is 0 Å². The van der Waals surface area contributed by atoms with Crippen LogP contribution >= 0.6 is 0 Å². The van der Waals surface area contributed by atoms with Gasteiger partial charge in [-0.1, -0.05) is 5.21 Å². The molecule has 0 saturated carbocycles. The first-order valence-electron chi connectivity index (χ1n) is 6.95. The van der Waals surface area contributed by atoms with E-state index in [9.17, 15) is 15.3 Å². The summed E-state index contributed by atoms with van der Waals surface area (Å²) in [4.78, 5) is 0. The molecule has 1 aromatic heterocycles. The lowest BCUT2D eigenvalue weighted by Crippen LogP contribution is -2.50. The van der Waals surface area contributed by atoms with Gasteiger partial charge in [0.25, 0.3) is 0 Å². The van der Waals surface area contributed by atoms with Gasteiger partial charge in [0.2, 0.25) is 0 Å². The minimum atomic E-state index is -1.06. The Bertz CT molecular complexity index is 459. The highest BCUT2D eigenvalue weighted by molar-refractivity contribution is 5.03. The van der Waals surface area contributed by atoms with Crippen molar-refractivity contribution in [2.45, 2.75) is 56.8 Å². The molecule has 1 aromatic rings. The summed E-state index contributed by atoms with van der Waals surface area (Å²) in [7, 11) is 1.55. The molecule has 8 nitrogen and oxygen atoms in total. The maximum Gasteiger partial charge on any atom is 0.114 e. The van der Waals surface area contributed by atoms with E-state index in [-0.39, 0.29) is 18.8 Å². The highest BCUT2D eigenvalue weighted by atomic mass is 16.6. The first-order chi connectivity index (χ1) is 9.85. The minimum Gasteiger partial charge on any atom is -0.394 e. The molecule has 0 amide bonds. The van der Waals surface area contributed by atoms with E-state index in [2.05, 4.69) is 10.3 Å². The fourth-order valence-electron chi connectivity index (χ4n) is 2.37. The molecule has 1 fully saturated rings. The van der Waals surface area contributed by atoms with E-state index in [0.29, 0.717) is 18.7 Å². The summed E-state index contributed by atoms with van der Waals surface area (Å²) in [6.07, 6.45) is 0.0103. The summed E-state index contributed by atoms with van der Waals surface area (Å²) in [5.41, 5.74) is -0.595. The van der Waals surface area contributed by atoms with Crippen molar-refractivity contribution in [3.05, 3.63) is 11.9 Å². The van der Waals surface area contributed by atoms with Crippen LogP contribution in [0.25, 0.3) is 0 Å². The maximum atomic E-state index is 9.88. The van der Waals surface area contributed by atoms with Crippen LogP contribution in [0.2, 0.25) is 0 Å². The minimum absolute atomic E-state index is 0.250. The van der Waals surface area contributed by atoms with Crippen LogP contribution in [0.5, 0.6) is 0 Å². The van der Waals surface area contributed by atoms with Crippen molar-refractivity contribution in [3.63, 3.8) is 0 Å². The summed E-state index contributed by atoms with van der Waals surface area (Å²) in [5, 5.41) is 36.8. The smallest absolute Gasteiger partial charge is 0.114 e. The third-order valence-corrected chi connectivity index (χ3v) is 3.68. The van der Waals surface area contributed by atoms with Crippen LogP contribution in [0.15, 0.2) is 6.20 Å². The van der Waals surface area contributed by atoms with E-state index in [1.165, 1.54) is 0 Å². The van der Waals surface area contributed by atoms with E-state index >= 15 is 0 Å². The average molecular weight is 301 g/mol. The van der Waals surface area contributed by atoms with E-state index in [1.807, 2.05) is 0 Å². The Hall–Kier alpha value is -1.06. The standard InChI is InChI=1S/C13H23N3O5/c1-13(2,19)12-6-16(15-14-12)5-10-9(20-3)4-8(18)11(7-17)21-10/h6,8-11,17-19H,4-5,7H2,1-3H3. The van der Waals surface area contributed by atoms with E-state index in [1.54, 1.807) is 31.8 Å². The molecule has 2 heterocycles. The topological polar surface area (TPSA) is 110 Å². The number of aromatic nitrogens is 3. The summed E-state index contributed by atoms with van der Waals surface area (Å²) in [6, 6.07) is 0. The number of hydrogen-bond acceptors (Lipinski definition) is 7. The molecule has 1 saturated heterocycles. The van der Waals surface area contributed by atoms with Crippen LogP contribution in [0, 0.1) is 0 Å². The lowest BCUT2D eigenvalue weighted by Gasteiger charge is -2.38. The van der Waals surface area contributed by atoms with Gasteiger partial charge >= 0.3 is 0 Å². The molecule has 0 radical (unpaired) electrons. The Balaban J connectivity index is 2.07. The van der Waals surface area contributed by atoms with Crippen LogP contribution in [0.1, 0.15) is 26.0 Å². The quantitative estimate of drug-likeness (QED) is 0.642. The van der Waals surface area contributed by atoms with Gasteiger partial charge in [-0.25, -0.2) is 4.68 Å². The molecule has 1 aliphatic rings. The maximum absolute atomic E-state index is 9.88. The van der Waals surface area contributed by atoms with E-state index in [0.717, 1.165) is 0 Å². The van der Waals surface area contributed by atoms with Crippen LogP contribution < -0.4 is 0 Å². The molecular weight excluding hydrogens is 278 g/mol. The third-order valence-electron chi connectivity index (χ3n) is 3.68. The summed E-state index contributed by atoms with van der Waals surface area (Å²) in [6.45, 7) is 3.38. The Morgan fingerprint density at radius 2 is 2.19 bits per heavy atom. The molecule has 0 aromatic carbocycles. The number of methoxy groups -OCH3 is 1. The third kappa shape index (κ3) is 3.78. The molecule has 120 valence electrons. The van der Waals surface area contributed by atoms with Gasteiger partial charge in [0.1, 0.15) is 23.5 Å². The molecule has 0 bridgehead atoms. The normalized spacial score (nSPS) is 30.6. The zero-order chi connectivity index (χ0) is 15.6. The van der Waals surface area contributed by atoms with Crippen LogP contribution in [-0.2, 0) is 21.6 Å². The number of aliphatic hydroxyl groups excluding tert-OH is 2. The van der Waals surface area contributed by atoms with Crippen molar-refractivity contribution < 1.29 is 24.8 Å². The molecule has 1 aliphatic heterocycles. The lowest BCUT2D eigenvalue weighted by atomic mass is 9.98. The van der Waals surface area contributed by atoms with Crippen molar-refractivity contribution in [1.82, 2.24) is 15.0 Å². The van der Waals surface area contributed by atoms with Crippen molar-refractivity contribution in [3.8, 4) is 0 Å². The molecular formula is C13H23N3O5. The van der Waals surface area contributed by atoms with Crippen molar-refractivity contribution in [2.75, 3.05) is 13.7 Å². The van der Waals surface area contributed by atoms with Gasteiger partial charge in [-0.2, -0.15) is 0 Å². The highest BCUT2D eigenvalue weighted by Gasteiger charge is 2.37. The monoisotopic (exact) mass is 301 g/mol. The molecule has 21 heavy (non-hydrogen) atoms. The SMILES string of the molecule is COC1CC(O)C(CO)OC1Cn1cc(C(C)(C)O)nn1. The molecule has 4 atom stereocenters. The highest BCUT2D eigenvalue weighted by Crippen LogP contribution is 2.24. The fourth-order valence-corrected chi connectivity index (χ4v) is 2.37. The first kappa shape index (κ1) is 16.3. The van der Waals surface area contributed by atoms with Gasteiger partial charge in [-0.3, -0.25) is 0 Å². The zero-order valence-corrected chi connectivity index (χ0v) is 12.5. The largest absolute Gasteiger partial charge is 0.394 e. The number of nitrogens with zero attached hydrogens (tertiary/aromatic N) is 3. The molecule has 0 aliphatic carbocycles. The Morgan fingerprint density at radius 3 is 2.71 bits per heavy atom. The van der Waals surface area contributed by atoms with Gasteiger partial charge in [0, 0.05) is 13.5 Å². The van der Waals surface area contributed by atoms with Gasteiger partial charge in [0.15, 0.2) is 0 Å². The molecule has 2 rings (SSSR count). The second kappa shape index (κ2) is 6.37. The van der Waals surface area contributed by atoms with Gasteiger partial charge in [0.05, 0.1) is 31.6 Å². The number of ether oxygens (including phenoxy) is 2. The summed E-state index contributed by atoms with van der Waals surface area (Å²) < 4.78 is 12.6. The first-order valence-corrected chi connectivity index (χ1v) is 6.95. The number of hydrogen-bond donors (Lipinski definition) is 3. The van der Waals surface area contributed by atoms with Crippen molar-refractivity contribution in [1.29, 1.82) is 0 Å². The number of aliphatic hydroxyl groups is 3. The summed E-state index contributed by atoms with van der Waals surface area (Å²) >= 11 is 0. The van der Waals surface area contributed by atoms with Crippen LogP contribution in [-0.4, -0.2) is 68.4 Å². The van der Waals surface area contributed by atoms with Gasteiger partial charge in [-0.15, -0.1) is 5.10 Å². The second-order valence-corrected chi connectivity index (χ2v) is 5.86. The van der Waals surface area contributed by atoms with Gasteiger partial charge < -0.3 is 24.8 Å².